The van der Waals surface area contributed by atoms with Gasteiger partial charge >= 0.3 is 0 Å². The molecule has 0 amide bonds. The summed E-state index contributed by atoms with van der Waals surface area (Å²) in [6, 6.07) is 5.70. The van der Waals surface area contributed by atoms with Crippen LogP contribution in [0.3, 0.4) is 0 Å². The van der Waals surface area contributed by atoms with E-state index in [0.717, 1.165) is 21.3 Å². The summed E-state index contributed by atoms with van der Waals surface area (Å²) >= 11 is 3.38. The third-order valence-electron chi connectivity index (χ3n) is 2.38. The molecule has 0 spiro atoms. The highest BCUT2D eigenvalue weighted by molar-refractivity contribution is 9.10. The third kappa shape index (κ3) is 1.78. The van der Waals surface area contributed by atoms with Crippen molar-refractivity contribution in [3.8, 4) is 17.0 Å². The fourth-order valence-electron chi connectivity index (χ4n) is 1.46. The van der Waals surface area contributed by atoms with Crippen molar-refractivity contribution in [2.24, 2.45) is 0 Å². The summed E-state index contributed by atoms with van der Waals surface area (Å²) in [5.41, 5.74) is 8.01. The van der Waals surface area contributed by atoms with Crippen LogP contribution in [0.25, 0.3) is 11.3 Å². The van der Waals surface area contributed by atoms with Gasteiger partial charge in [0.25, 0.3) is 0 Å². The molecular formula is C11H11BrN2O2. The topological polar surface area (TPSA) is 61.3 Å². The van der Waals surface area contributed by atoms with Crippen LogP contribution in [0.15, 0.2) is 27.2 Å². The molecule has 1 heterocycles. The van der Waals surface area contributed by atoms with Gasteiger partial charge in [0.05, 0.1) is 7.11 Å². The van der Waals surface area contributed by atoms with Crippen LogP contribution in [0.2, 0.25) is 0 Å². The minimum atomic E-state index is 0.333. The van der Waals surface area contributed by atoms with Gasteiger partial charge in [0.2, 0.25) is 5.88 Å². The Balaban J connectivity index is 2.59. The van der Waals surface area contributed by atoms with Crippen molar-refractivity contribution in [3.63, 3.8) is 0 Å². The number of halogens is 1. The van der Waals surface area contributed by atoms with E-state index in [4.69, 9.17) is 15.0 Å². The molecule has 2 rings (SSSR count). The zero-order chi connectivity index (χ0) is 11.7. The Kier molecular flexibility index (Phi) is 2.87. The van der Waals surface area contributed by atoms with E-state index in [1.165, 1.54) is 0 Å². The van der Waals surface area contributed by atoms with Crippen LogP contribution in [0.4, 0.5) is 5.88 Å². The number of benzene rings is 1. The summed E-state index contributed by atoms with van der Waals surface area (Å²) < 4.78 is 11.2. The van der Waals surface area contributed by atoms with Crippen molar-refractivity contribution < 1.29 is 9.26 Å². The SMILES string of the molecule is COc1cc(Br)ccc1-c1noc(N)c1C. The van der Waals surface area contributed by atoms with Gasteiger partial charge in [-0.3, -0.25) is 0 Å². The molecule has 0 aliphatic rings. The van der Waals surface area contributed by atoms with E-state index in [0.29, 0.717) is 11.6 Å². The number of aromatic nitrogens is 1. The van der Waals surface area contributed by atoms with E-state index in [-0.39, 0.29) is 0 Å². The molecule has 2 aromatic rings. The Bertz CT molecular complexity index is 523. The second-order valence-electron chi connectivity index (χ2n) is 3.37. The Morgan fingerprint density at radius 1 is 1.44 bits per heavy atom. The monoisotopic (exact) mass is 282 g/mol. The lowest BCUT2D eigenvalue weighted by Gasteiger charge is -2.06. The maximum absolute atomic E-state index is 5.62. The third-order valence-corrected chi connectivity index (χ3v) is 2.87. The molecule has 0 atom stereocenters. The predicted octanol–water partition coefficient (Wildman–Crippen LogP) is 3.00. The van der Waals surface area contributed by atoms with Gasteiger partial charge in [-0.25, -0.2) is 0 Å². The van der Waals surface area contributed by atoms with Crippen molar-refractivity contribution in [3.05, 3.63) is 28.2 Å². The van der Waals surface area contributed by atoms with Gasteiger partial charge in [-0.1, -0.05) is 21.1 Å². The van der Waals surface area contributed by atoms with E-state index in [9.17, 15) is 0 Å². The molecule has 0 aliphatic heterocycles. The van der Waals surface area contributed by atoms with Gasteiger partial charge in [-0.05, 0) is 25.1 Å². The van der Waals surface area contributed by atoms with Crippen molar-refractivity contribution in [2.75, 3.05) is 12.8 Å². The van der Waals surface area contributed by atoms with Crippen molar-refractivity contribution in [1.82, 2.24) is 5.16 Å². The summed E-state index contributed by atoms with van der Waals surface area (Å²) in [5, 5.41) is 3.93. The van der Waals surface area contributed by atoms with Gasteiger partial charge in [-0.15, -0.1) is 0 Å². The molecule has 2 N–H and O–H groups in total. The molecule has 16 heavy (non-hydrogen) atoms. The lowest BCUT2D eigenvalue weighted by Crippen LogP contribution is -1.90. The molecule has 5 heteroatoms. The number of rotatable bonds is 2. The van der Waals surface area contributed by atoms with Gasteiger partial charge in [-0.2, -0.15) is 0 Å². The fraction of sp³-hybridized carbons (Fsp3) is 0.182. The number of hydrogen-bond donors (Lipinski definition) is 1. The first-order valence-corrected chi connectivity index (χ1v) is 5.48. The Morgan fingerprint density at radius 2 is 2.19 bits per heavy atom. The second-order valence-corrected chi connectivity index (χ2v) is 4.28. The quantitative estimate of drug-likeness (QED) is 0.920. The molecule has 0 unspecified atom stereocenters. The van der Waals surface area contributed by atoms with Crippen LogP contribution in [-0.4, -0.2) is 12.3 Å². The van der Waals surface area contributed by atoms with E-state index < -0.39 is 0 Å². The molecule has 84 valence electrons. The van der Waals surface area contributed by atoms with Crippen LogP contribution >= 0.6 is 15.9 Å². The Labute approximate surface area is 102 Å². The minimum Gasteiger partial charge on any atom is -0.496 e. The molecule has 0 saturated carbocycles. The zero-order valence-corrected chi connectivity index (χ0v) is 10.5. The van der Waals surface area contributed by atoms with E-state index in [1.54, 1.807) is 7.11 Å². The van der Waals surface area contributed by atoms with Crippen LogP contribution in [-0.2, 0) is 0 Å². The molecule has 0 saturated heterocycles. The van der Waals surface area contributed by atoms with Gasteiger partial charge in [0, 0.05) is 15.6 Å². The normalized spacial score (nSPS) is 10.4. The molecule has 0 aliphatic carbocycles. The number of nitrogen functional groups attached to an aromatic ring is 1. The molecule has 0 fully saturated rings. The fourth-order valence-corrected chi connectivity index (χ4v) is 1.80. The number of methoxy groups -OCH3 is 1. The first kappa shape index (κ1) is 11.0. The Hall–Kier alpha value is -1.49. The van der Waals surface area contributed by atoms with Crippen LogP contribution in [0, 0.1) is 6.92 Å². The molecular weight excluding hydrogens is 272 g/mol. The molecule has 1 aromatic carbocycles. The van der Waals surface area contributed by atoms with Gasteiger partial charge < -0.3 is 15.0 Å². The zero-order valence-electron chi connectivity index (χ0n) is 8.95. The molecule has 1 aromatic heterocycles. The van der Waals surface area contributed by atoms with Crippen LogP contribution in [0.5, 0.6) is 5.75 Å². The summed E-state index contributed by atoms with van der Waals surface area (Å²) in [6.45, 7) is 1.86. The highest BCUT2D eigenvalue weighted by atomic mass is 79.9. The lowest BCUT2D eigenvalue weighted by molar-refractivity contribution is 0.413. The summed E-state index contributed by atoms with van der Waals surface area (Å²) in [4.78, 5) is 0. The van der Waals surface area contributed by atoms with Crippen molar-refractivity contribution in [2.45, 2.75) is 6.92 Å². The average Bonchev–Trinajstić information content (AvgIpc) is 2.60. The average molecular weight is 283 g/mol. The molecule has 0 bridgehead atoms. The lowest BCUT2D eigenvalue weighted by atomic mass is 10.1. The molecule has 4 nitrogen and oxygen atoms in total. The van der Waals surface area contributed by atoms with Gasteiger partial charge in [0.1, 0.15) is 11.4 Å². The second kappa shape index (κ2) is 4.17. The van der Waals surface area contributed by atoms with E-state index in [1.807, 2.05) is 25.1 Å². The first-order valence-electron chi connectivity index (χ1n) is 4.69. The van der Waals surface area contributed by atoms with Crippen LogP contribution in [0.1, 0.15) is 5.56 Å². The predicted molar refractivity (Wildman–Crippen MR) is 65.3 cm³/mol. The number of ether oxygens (including phenoxy) is 1. The number of nitrogens with two attached hydrogens (primary N) is 1. The highest BCUT2D eigenvalue weighted by Gasteiger charge is 2.15. The number of nitrogens with zero attached hydrogens (tertiary/aromatic N) is 1. The largest absolute Gasteiger partial charge is 0.496 e. The highest BCUT2D eigenvalue weighted by Crippen LogP contribution is 2.34. The maximum Gasteiger partial charge on any atom is 0.225 e. The van der Waals surface area contributed by atoms with E-state index in [2.05, 4.69) is 21.1 Å². The summed E-state index contributed by atoms with van der Waals surface area (Å²) in [7, 11) is 1.62. The molecule has 0 radical (unpaired) electrons. The van der Waals surface area contributed by atoms with Crippen LogP contribution < -0.4 is 10.5 Å². The summed E-state index contributed by atoms with van der Waals surface area (Å²) in [6.07, 6.45) is 0. The van der Waals surface area contributed by atoms with E-state index >= 15 is 0 Å². The first-order chi connectivity index (χ1) is 7.63. The Morgan fingerprint density at radius 3 is 2.75 bits per heavy atom. The number of hydrogen-bond acceptors (Lipinski definition) is 4. The maximum atomic E-state index is 5.62. The van der Waals surface area contributed by atoms with Crippen molar-refractivity contribution in [1.29, 1.82) is 0 Å². The van der Waals surface area contributed by atoms with Crippen molar-refractivity contribution >= 4 is 21.8 Å². The summed E-state index contributed by atoms with van der Waals surface area (Å²) in [5.74, 6) is 1.06. The standard InChI is InChI=1S/C11H11BrN2O2/c1-6-10(14-16-11(6)13)8-4-3-7(12)5-9(8)15-2/h3-5H,13H2,1-2H3. The van der Waals surface area contributed by atoms with Gasteiger partial charge in [0.15, 0.2) is 0 Å². The smallest absolute Gasteiger partial charge is 0.225 e. The number of anilines is 1. The minimum absolute atomic E-state index is 0.333.